The number of hydrogen-bond donors (Lipinski definition) is 2. The van der Waals surface area contributed by atoms with E-state index in [1.54, 1.807) is 6.07 Å². The molecular formula is C22H16ClF2N3O5. The van der Waals surface area contributed by atoms with E-state index in [9.17, 15) is 23.9 Å². The number of esters is 1. The highest BCUT2D eigenvalue weighted by molar-refractivity contribution is 6.31. The molecule has 0 saturated carbocycles. The minimum Gasteiger partial charge on any atom is -0.460 e. The first-order chi connectivity index (χ1) is 15.7. The third-order valence-electron chi connectivity index (χ3n) is 5.91. The molecule has 170 valence electrons. The summed E-state index contributed by atoms with van der Waals surface area (Å²) in [6.07, 6.45) is -1.38. The summed E-state index contributed by atoms with van der Waals surface area (Å²) in [7, 11) is 0. The number of pyridine rings is 2. The summed E-state index contributed by atoms with van der Waals surface area (Å²) in [6.45, 7) is 0.933. The first kappa shape index (κ1) is 21.5. The fraction of sp³-hybridized carbons (Fsp3) is 0.273. The maximum Gasteiger partial charge on any atom is 0.310 e. The number of fused-ring (bicyclic) bond motifs is 5. The molecule has 4 heterocycles. The van der Waals surface area contributed by atoms with Crippen LogP contribution in [-0.4, -0.2) is 32.6 Å². The molecule has 11 heteroatoms. The quantitative estimate of drug-likeness (QED) is 0.346. The molecule has 2 aromatic heterocycles. The van der Waals surface area contributed by atoms with E-state index in [0.717, 1.165) is 6.07 Å². The van der Waals surface area contributed by atoms with Gasteiger partial charge in [-0.25, -0.2) is 13.8 Å². The average molecular weight is 476 g/mol. The first-order valence-corrected chi connectivity index (χ1v) is 10.4. The van der Waals surface area contributed by atoms with Crippen LogP contribution in [0, 0.1) is 11.6 Å². The van der Waals surface area contributed by atoms with Crippen molar-refractivity contribution >= 4 is 34.4 Å². The summed E-state index contributed by atoms with van der Waals surface area (Å²) >= 11 is 5.80. The Morgan fingerprint density at radius 3 is 2.82 bits per heavy atom. The standard InChI is InChI=1S/C22H16ClF2N3O5/c1-8(29)21(31)26-5-10-11-6-28-15(2-9-3-16(30)33-7-12(9)22(28)32)20(11)27-14-4-13(24)18(23)19(25)17(10)14/h2,4,8,29H,3,5-7H2,1H3,(H,26,31). The highest BCUT2D eigenvalue weighted by atomic mass is 35.5. The van der Waals surface area contributed by atoms with Gasteiger partial charge in [-0.15, -0.1) is 0 Å². The molecule has 0 aliphatic carbocycles. The summed E-state index contributed by atoms with van der Waals surface area (Å²) in [4.78, 5) is 41.2. The number of halogens is 3. The van der Waals surface area contributed by atoms with E-state index in [0.29, 0.717) is 28.1 Å². The SMILES string of the molecule is CC(O)C(=O)NCc1c2c(nc3cc(F)c(Cl)c(F)c13)-c1cc3c(c(=O)n1C2)COC(=O)C3. The van der Waals surface area contributed by atoms with Crippen LogP contribution in [0.3, 0.4) is 0 Å². The number of nitrogens with one attached hydrogen (secondary N) is 1. The number of amides is 1. The summed E-state index contributed by atoms with van der Waals surface area (Å²) in [5.41, 5.74) is 1.84. The average Bonchev–Trinajstić information content (AvgIpc) is 3.13. The zero-order valence-electron chi connectivity index (χ0n) is 17.2. The lowest BCUT2D eigenvalue weighted by atomic mass is 9.98. The van der Waals surface area contributed by atoms with Crippen LogP contribution in [0.4, 0.5) is 8.78 Å². The van der Waals surface area contributed by atoms with Gasteiger partial charge >= 0.3 is 5.97 Å². The lowest BCUT2D eigenvalue weighted by Crippen LogP contribution is -2.32. The lowest BCUT2D eigenvalue weighted by molar-refractivity contribution is -0.145. The number of rotatable bonds is 3. The van der Waals surface area contributed by atoms with Gasteiger partial charge in [0.15, 0.2) is 5.82 Å². The number of ether oxygens (including phenoxy) is 1. The maximum absolute atomic E-state index is 15.1. The minimum absolute atomic E-state index is 0.0159. The van der Waals surface area contributed by atoms with Gasteiger partial charge in [-0.05, 0) is 24.1 Å². The number of nitrogens with zero attached hydrogens (tertiary/aromatic N) is 2. The van der Waals surface area contributed by atoms with Gasteiger partial charge in [0.2, 0.25) is 5.91 Å². The van der Waals surface area contributed by atoms with Crippen LogP contribution < -0.4 is 10.9 Å². The molecule has 33 heavy (non-hydrogen) atoms. The molecule has 0 bridgehead atoms. The Labute approximate surface area is 189 Å². The third-order valence-corrected chi connectivity index (χ3v) is 6.25. The predicted molar refractivity (Wildman–Crippen MR) is 112 cm³/mol. The van der Waals surface area contributed by atoms with Crippen LogP contribution in [0.2, 0.25) is 5.02 Å². The fourth-order valence-corrected chi connectivity index (χ4v) is 4.41. The van der Waals surface area contributed by atoms with Crippen LogP contribution >= 0.6 is 11.6 Å². The molecule has 5 rings (SSSR count). The second-order valence-electron chi connectivity index (χ2n) is 7.95. The van der Waals surface area contributed by atoms with Gasteiger partial charge in [-0.1, -0.05) is 11.6 Å². The number of cyclic esters (lactones) is 1. The van der Waals surface area contributed by atoms with Crippen molar-refractivity contribution in [3.05, 3.63) is 61.4 Å². The normalized spacial score (nSPS) is 15.0. The van der Waals surface area contributed by atoms with Gasteiger partial charge < -0.3 is 19.7 Å². The van der Waals surface area contributed by atoms with Crippen LogP contribution in [0.5, 0.6) is 0 Å². The molecule has 0 radical (unpaired) electrons. The van der Waals surface area contributed by atoms with Crippen LogP contribution in [0.1, 0.15) is 29.2 Å². The molecule has 8 nitrogen and oxygen atoms in total. The van der Waals surface area contributed by atoms with E-state index in [1.807, 2.05) is 0 Å². The Kier molecular flexibility index (Phi) is 4.95. The Hall–Kier alpha value is -3.37. The topological polar surface area (TPSA) is 111 Å². The van der Waals surface area contributed by atoms with Crippen molar-refractivity contribution in [1.82, 2.24) is 14.9 Å². The Morgan fingerprint density at radius 1 is 1.33 bits per heavy atom. The van der Waals surface area contributed by atoms with Crippen molar-refractivity contribution in [3.63, 3.8) is 0 Å². The van der Waals surface area contributed by atoms with Gasteiger partial charge in [-0.3, -0.25) is 14.4 Å². The van der Waals surface area contributed by atoms with Crippen molar-refractivity contribution < 1.29 is 28.2 Å². The zero-order valence-corrected chi connectivity index (χ0v) is 17.9. The third kappa shape index (κ3) is 3.28. The van der Waals surface area contributed by atoms with E-state index >= 15 is 4.39 Å². The number of benzene rings is 1. The molecule has 0 fully saturated rings. The number of carbonyl (C=O) groups is 2. The monoisotopic (exact) mass is 475 g/mol. The summed E-state index contributed by atoms with van der Waals surface area (Å²) < 4.78 is 35.7. The molecule has 2 aliphatic heterocycles. The summed E-state index contributed by atoms with van der Waals surface area (Å²) in [5, 5.41) is 11.2. The lowest BCUT2D eigenvalue weighted by Gasteiger charge is -2.17. The molecule has 1 unspecified atom stereocenters. The fourth-order valence-electron chi connectivity index (χ4n) is 4.26. The smallest absolute Gasteiger partial charge is 0.310 e. The van der Waals surface area contributed by atoms with E-state index in [1.165, 1.54) is 11.5 Å². The van der Waals surface area contributed by atoms with Crippen molar-refractivity contribution in [2.75, 3.05) is 0 Å². The van der Waals surface area contributed by atoms with E-state index in [-0.39, 0.29) is 48.1 Å². The van der Waals surface area contributed by atoms with E-state index < -0.39 is 34.6 Å². The molecule has 3 aromatic rings. The second-order valence-corrected chi connectivity index (χ2v) is 8.33. The van der Waals surface area contributed by atoms with Crippen LogP contribution in [0.15, 0.2) is 16.9 Å². The van der Waals surface area contributed by atoms with Gasteiger partial charge in [-0.2, -0.15) is 0 Å². The molecule has 2 N–H and O–H groups in total. The molecule has 1 atom stereocenters. The largest absolute Gasteiger partial charge is 0.460 e. The molecule has 1 aromatic carbocycles. The Balaban J connectivity index is 1.76. The second kappa shape index (κ2) is 7.60. The van der Waals surface area contributed by atoms with Gasteiger partial charge in [0.25, 0.3) is 5.56 Å². The predicted octanol–water partition coefficient (Wildman–Crippen LogP) is 1.95. The number of aliphatic hydroxyl groups is 1. The van der Waals surface area contributed by atoms with Gasteiger partial charge in [0.05, 0.1) is 35.4 Å². The van der Waals surface area contributed by atoms with Crippen molar-refractivity contribution in [2.24, 2.45) is 0 Å². The first-order valence-electron chi connectivity index (χ1n) is 10.0. The molecule has 1 amide bonds. The molecule has 0 saturated heterocycles. The number of hydrogen-bond acceptors (Lipinski definition) is 6. The van der Waals surface area contributed by atoms with E-state index in [2.05, 4.69) is 10.3 Å². The summed E-state index contributed by atoms with van der Waals surface area (Å²) in [5.74, 6) is -3.19. The summed E-state index contributed by atoms with van der Waals surface area (Å²) in [6, 6.07) is 2.64. The number of aromatic nitrogens is 2. The Bertz CT molecular complexity index is 1450. The minimum atomic E-state index is -1.30. The molecule has 0 spiro atoms. The van der Waals surface area contributed by atoms with Crippen LogP contribution in [-0.2, 0) is 40.4 Å². The zero-order chi connectivity index (χ0) is 23.6. The van der Waals surface area contributed by atoms with Crippen molar-refractivity contribution in [3.8, 4) is 11.4 Å². The van der Waals surface area contributed by atoms with Crippen molar-refractivity contribution in [1.29, 1.82) is 0 Å². The van der Waals surface area contributed by atoms with E-state index in [4.69, 9.17) is 16.3 Å². The molecule has 2 aliphatic rings. The van der Waals surface area contributed by atoms with Crippen molar-refractivity contribution in [2.45, 2.75) is 39.1 Å². The van der Waals surface area contributed by atoms with Crippen LogP contribution in [0.25, 0.3) is 22.3 Å². The Morgan fingerprint density at radius 2 is 2.09 bits per heavy atom. The number of carbonyl (C=O) groups excluding carboxylic acids is 2. The van der Waals surface area contributed by atoms with Gasteiger partial charge in [0.1, 0.15) is 23.6 Å². The highest BCUT2D eigenvalue weighted by Crippen LogP contribution is 2.39. The highest BCUT2D eigenvalue weighted by Gasteiger charge is 2.32. The number of aliphatic hydroxyl groups excluding tert-OH is 1. The van der Waals surface area contributed by atoms with Gasteiger partial charge in [0, 0.05) is 23.6 Å². The molecular weight excluding hydrogens is 460 g/mol. The maximum atomic E-state index is 15.1.